The molecule has 2 N–H and O–H groups in total. The van der Waals surface area contributed by atoms with Crippen molar-refractivity contribution < 1.29 is 22.4 Å². The molecule has 2 rings (SSSR count). The number of hydrogen-bond donors (Lipinski definition) is 2. The van der Waals surface area contributed by atoms with E-state index in [1.165, 1.54) is 43.4 Å². The summed E-state index contributed by atoms with van der Waals surface area (Å²) in [6.07, 6.45) is -0.0568. The van der Waals surface area contributed by atoms with Gasteiger partial charge in [-0.3, -0.25) is 20.4 Å². The average Bonchev–Trinajstić information content (AvgIpc) is 2.62. The van der Waals surface area contributed by atoms with Crippen LogP contribution in [-0.2, 0) is 26.0 Å². The van der Waals surface area contributed by atoms with E-state index in [-0.39, 0.29) is 11.3 Å². The van der Waals surface area contributed by atoms with Crippen molar-refractivity contribution in [3.05, 3.63) is 66.0 Å². The number of nitrogens with one attached hydrogen (secondary N) is 2. The third kappa shape index (κ3) is 5.36. The Balaban J connectivity index is 1.84. The van der Waals surface area contributed by atoms with Gasteiger partial charge >= 0.3 is 0 Å². The zero-order valence-electron chi connectivity index (χ0n) is 14.0. The number of nitrogens with zero attached hydrogens (tertiary/aromatic N) is 1. The lowest BCUT2D eigenvalue weighted by molar-refractivity contribution is -0.128. The van der Waals surface area contributed by atoms with Crippen LogP contribution in [0.25, 0.3) is 0 Å². The molecule has 2 amide bonds. The van der Waals surface area contributed by atoms with E-state index < -0.39 is 34.2 Å². The zero-order chi connectivity index (χ0) is 19.2. The molecule has 138 valence electrons. The number of carbonyl (C=O) groups is 2. The molecule has 0 aromatic heterocycles. The molecule has 0 spiro atoms. The SMILES string of the molecule is CN(CC(=O)NNC(=O)Cc1ccc(F)cc1)S(=O)(=O)c1ccccc1. The van der Waals surface area contributed by atoms with Crippen LogP contribution in [0.1, 0.15) is 5.56 Å². The maximum Gasteiger partial charge on any atom is 0.253 e. The Bertz CT molecular complexity index is 871. The van der Waals surface area contributed by atoms with Crippen LogP contribution < -0.4 is 10.9 Å². The van der Waals surface area contributed by atoms with E-state index in [9.17, 15) is 22.4 Å². The first kappa shape index (κ1) is 19.5. The van der Waals surface area contributed by atoms with Crippen molar-refractivity contribution in [2.45, 2.75) is 11.3 Å². The Kier molecular flexibility index (Phi) is 6.42. The lowest BCUT2D eigenvalue weighted by Gasteiger charge is -2.17. The summed E-state index contributed by atoms with van der Waals surface area (Å²) in [4.78, 5) is 23.7. The first-order valence-electron chi connectivity index (χ1n) is 7.62. The molecule has 0 aliphatic rings. The number of amides is 2. The van der Waals surface area contributed by atoms with Gasteiger partial charge in [0.2, 0.25) is 15.9 Å². The fraction of sp³-hybridized carbons (Fsp3) is 0.176. The van der Waals surface area contributed by atoms with E-state index in [4.69, 9.17) is 0 Å². The third-order valence-electron chi connectivity index (χ3n) is 3.44. The van der Waals surface area contributed by atoms with E-state index in [1.54, 1.807) is 18.2 Å². The van der Waals surface area contributed by atoms with Crippen LogP contribution in [-0.4, -0.2) is 38.1 Å². The molecule has 0 radical (unpaired) electrons. The summed E-state index contributed by atoms with van der Waals surface area (Å²) in [7, 11) is -2.53. The van der Waals surface area contributed by atoms with E-state index in [1.807, 2.05) is 0 Å². The van der Waals surface area contributed by atoms with Gasteiger partial charge in [-0.05, 0) is 29.8 Å². The molecule has 0 unspecified atom stereocenters. The molecule has 0 saturated carbocycles. The first-order chi connectivity index (χ1) is 12.3. The van der Waals surface area contributed by atoms with Gasteiger partial charge in [0.15, 0.2) is 0 Å². The van der Waals surface area contributed by atoms with Crippen LogP contribution in [0.3, 0.4) is 0 Å². The van der Waals surface area contributed by atoms with Gasteiger partial charge in [0.05, 0.1) is 17.9 Å². The summed E-state index contributed by atoms with van der Waals surface area (Å²) in [5.74, 6) is -1.62. The Labute approximate surface area is 150 Å². The highest BCUT2D eigenvalue weighted by atomic mass is 32.2. The average molecular weight is 379 g/mol. The zero-order valence-corrected chi connectivity index (χ0v) is 14.8. The Morgan fingerprint density at radius 1 is 0.962 bits per heavy atom. The molecule has 0 heterocycles. The molecule has 0 aliphatic heterocycles. The number of hydrazine groups is 1. The molecule has 0 saturated heterocycles. The van der Waals surface area contributed by atoms with Gasteiger partial charge in [-0.15, -0.1) is 0 Å². The number of carbonyl (C=O) groups excluding carboxylic acids is 2. The molecule has 0 aliphatic carbocycles. The van der Waals surface area contributed by atoms with Crippen molar-refractivity contribution in [3.63, 3.8) is 0 Å². The monoisotopic (exact) mass is 379 g/mol. The van der Waals surface area contributed by atoms with Crippen molar-refractivity contribution in [1.82, 2.24) is 15.2 Å². The molecule has 26 heavy (non-hydrogen) atoms. The summed E-state index contributed by atoms with van der Waals surface area (Å²) in [6, 6.07) is 13.1. The second-order valence-electron chi connectivity index (χ2n) is 5.47. The van der Waals surface area contributed by atoms with Crippen molar-refractivity contribution in [3.8, 4) is 0 Å². The van der Waals surface area contributed by atoms with Gasteiger partial charge in [-0.25, -0.2) is 12.8 Å². The lowest BCUT2D eigenvalue weighted by atomic mass is 10.1. The van der Waals surface area contributed by atoms with E-state index in [2.05, 4.69) is 10.9 Å². The maximum atomic E-state index is 12.8. The highest BCUT2D eigenvalue weighted by molar-refractivity contribution is 7.89. The summed E-state index contributed by atoms with van der Waals surface area (Å²) in [5.41, 5.74) is 4.91. The predicted octanol–water partition coefficient (Wildman–Crippen LogP) is 0.836. The van der Waals surface area contributed by atoms with Crippen LogP contribution in [0, 0.1) is 5.82 Å². The molecular formula is C17H18FN3O4S. The second-order valence-corrected chi connectivity index (χ2v) is 7.52. The second kappa shape index (κ2) is 8.54. The van der Waals surface area contributed by atoms with Crippen LogP contribution in [0.15, 0.2) is 59.5 Å². The van der Waals surface area contributed by atoms with E-state index >= 15 is 0 Å². The topological polar surface area (TPSA) is 95.6 Å². The Morgan fingerprint density at radius 2 is 1.54 bits per heavy atom. The van der Waals surface area contributed by atoms with Gasteiger partial charge in [-0.2, -0.15) is 4.31 Å². The highest BCUT2D eigenvalue weighted by Crippen LogP contribution is 2.12. The van der Waals surface area contributed by atoms with Gasteiger partial charge in [0.1, 0.15) is 5.82 Å². The first-order valence-corrected chi connectivity index (χ1v) is 9.06. The maximum absolute atomic E-state index is 12.8. The highest BCUT2D eigenvalue weighted by Gasteiger charge is 2.22. The predicted molar refractivity (Wildman–Crippen MR) is 92.6 cm³/mol. The smallest absolute Gasteiger partial charge is 0.253 e. The quantitative estimate of drug-likeness (QED) is 0.727. The normalized spacial score (nSPS) is 11.2. The lowest BCUT2D eigenvalue weighted by Crippen LogP contribution is -2.47. The molecular weight excluding hydrogens is 361 g/mol. The summed E-state index contributed by atoms with van der Waals surface area (Å²) in [5, 5.41) is 0. The minimum atomic E-state index is -3.80. The standard InChI is InChI=1S/C17H18FN3O4S/c1-21(26(24,25)15-5-3-2-4-6-15)12-17(23)20-19-16(22)11-13-7-9-14(18)10-8-13/h2-10H,11-12H2,1H3,(H,19,22)(H,20,23). The minimum absolute atomic E-state index is 0.0568. The number of rotatable bonds is 6. The minimum Gasteiger partial charge on any atom is -0.273 e. The van der Waals surface area contributed by atoms with Crippen molar-refractivity contribution in [2.75, 3.05) is 13.6 Å². The summed E-state index contributed by atoms with van der Waals surface area (Å²) >= 11 is 0. The van der Waals surface area contributed by atoms with Crippen molar-refractivity contribution >= 4 is 21.8 Å². The van der Waals surface area contributed by atoms with Gasteiger partial charge in [-0.1, -0.05) is 30.3 Å². The fourth-order valence-electron chi connectivity index (χ4n) is 2.07. The number of sulfonamides is 1. The molecule has 2 aromatic rings. The number of halogens is 1. The molecule has 7 nitrogen and oxygen atoms in total. The van der Waals surface area contributed by atoms with Crippen LogP contribution in [0.2, 0.25) is 0 Å². The molecule has 0 bridgehead atoms. The van der Waals surface area contributed by atoms with Crippen LogP contribution in [0.5, 0.6) is 0 Å². The number of hydrogen-bond acceptors (Lipinski definition) is 4. The Morgan fingerprint density at radius 3 is 2.15 bits per heavy atom. The van der Waals surface area contributed by atoms with Crippen LogP contribution in [0.4, 0.5) is 4.39 Å². The largest absolute Gasteiger partial charge is 0.273 e. The van der Waals surface area contributed by atoms with Crippen molar-refractivity contribution in [1.29, 1.82) is 0 Å². The summed E-state index contributed by atoms with van der Waals surface area (Å²) in [6.45, 7) is -0.464. The Hall–Kier alpha value is -2.78. The molecule has 9 heteroatoms. The number of likely N-dealkylation sites (N-methyl/N-ethyl adjacent to an activating group) is 1. The third-order valence-corrected chi connectivity index (χ3v) is 5.25. The van der Waals surface area contributed by atoms with E-state index in [0.717, 1.165) is 4.31 Å². The fourth-order valence-corrected chi connectivity index (χ4v) is 3.22. The van der Waals surface area contributed by atoms with Gasteiger partial charge in [0.25, 0.3) is 5.91 Å². The van der Waals surface area contributed by atoms with Crippen molar-refractivity contribution in [2.24, 2.45) is 0 Å². The van der Waals surface area contributed by atoms with E-state index in [0.29, 0.717) is 5.56 Å². The van der Waals surface area contributed by atoms with Gasteiger partial charge in [0, 0.05) is 7.05 Å². The number of benzene rings is 2. The van der Waals surface area contributed by atoms with Crippen LogP contribution >= 0.6 is 0 Å². The van der Waals surface area contributed by atoms with Gasteiger partial charge < -0.3 is 0 Å². The molecule has 0 fully saturated rings. The summed E-state index contributed by atoms with van der Waals surface area (Å²) < 4.78 is 38.3. The molecule has 0 atom stereocenters. The molecule has 2 aromatic carbocycles.